The first-order chi connectivity index (χ1) is 13.8. The van der Waals surface area contributed by atoms with E-state index in [1.807, 2.05) is 0 Å². The highest BCUT2D eigenvalue weighted by molar-refractivity contribution is 7.89. The monoisotopic (exact) mass is 427 g/mol. The van der Waals surface area contributed by atoms with E-state index in [-0.39, 0.29) is 31.0 Å². The number of carbonyl (C=O) groups excluding carboxylic acids is 1. The zero-order valence-corrected chi connectivity index (χ0v) is 17.1. The average molecular weight is 428 g/mol. The topological polar surface area (TPSA) is 69.7 Å². The number of carbonyl (C=O) groups is 1. The average Bonchev–Trinajstić information content (AvgIpc) is 3.56. The third-order valence-corrected chi connectivity index (χ3v) is 8.19. The number of nitrogens with one attached hydrogen (secondary N) is 1. The Balaban J connectivity index is 1.29. The summed E-state index contributed by atoms with van der Waals surface area (Å²) < 4.78 is 53.8. The summed E-state index contributed by atoms with van der Waals surface area (Å²) in [5.74, 6) is -2.04. The summed E-state index contributed by atoms with van der Waals surface area (Å²) in [5, 5.41) is 3.13. The molecule has 0 bridgehead atoms. The third-order valence-electron chi connectivity index (χ3n) is 6.27. The Labute approximate surface area is 170 Å². The van der Waals surface area contributed by atoms with Crippen LogP contribution < -0.4 is 5.32 Å². The maximum Gasteiger partial charge on any atom is 0.246 e. The Bertz CT molecular complexity index is 860. The van der Waals surface area contributed by atoms with Gasteiger partial charge in [-0.3, -0.25) is 4.79 Å². The number of benzene rings is 1. The highest BCUT2D eigenvalue weighted by Gasteiger charge is 2.35. The van der Waals surface area contributed by atoms with Crippen molar-refractivity contribution in [1.82, 2.24) is 14.5 Å². The molecule has 0 radical (unpaired) electrons. The standard InChI is InChI=1S/C20H27F2N3O3S/c21-15-1-4-18(22)19(13-15)29(27,28)25-11-5-14(6-12-25)20(26)23-16-7-9-24(10-8-16)17-2-3-17/h1,4,13-14,16-17H,2-3,5-12H2,(H,23,26). The molecular weight excluding hydrogens is 400 g/mol. The van der Waals surface area contributed by atoms with Gasteiger partial charge in [0, 0.05) is 44.2 Å². The fraction of sp³-hybridized carbons (Fsp3) is 0.650. The molecule has 6 nitrogen and oxygen atoms in total. The summed E-state index contributed by atoms with van der Waals surface area (Å²) in [4.78, 5) is 14.5. The number of sulfonamides is 1. The van der Waals surface area contributed by atoms with Crippen LogP contribution in [0.1, 0.15) is 38.5 Å². The van der Waals surface area contributed by atoms with Crippen molar-refractivity contribution in [2.24, 2.45) is 5.92 Å². The molecule has 0 aromatic heterocycles. The van der Waals surface area contributed by atoms with E-state index < -0.39 is 26.6 Å². The van der Waals surface area contributed by atoms with Gasteiger partial charge in [-0.1, -0.05) is 0 Å². The fourth-order valence-electron chi connectivity index (χ4n) is 4.34. The van der Waals surface area contributed by atoms with Gasteiger partial charge in [-0.15, -0.1) is 0 Å². The molecule has 2 saturated heterocycles. The summed E-state index contributed by atoms with van der Waals surface area (Å²) in [6, 6.07) is 3.34. The number of likely N-dealkylation sites (tertiary alicyclic amines) is 1. The molecule has 3 aliphatic rings. The summed E-state index contributed by atoms with van der Waals surface area (Å²) >= 11 is 0. The second-order valence-corrected chi connectivity index (χ2v) is 10.2. The Hall–Kier alpha value is -1.58. The second-order valence-electron chi connectivity index (χ2n) is 8.30. The van der Waals surface area contributed by atoms with Crippen molar-refractivity contribution in [3.63, 3.8) is 0 Å². The van der Waals surface area contributed by atoms with Crippen LogP contribution in [0.2, 0.25) is 0 Å². The molecule has 1 aliphatic carbocycles. The van der Waals surface area contributed by atoms with Crippen LogP contribution in [0.25, 0.3) is 0 Å². The molecule has 1 amide bonds. The first-order valence-electron chi connectivity index (χ1n) is 10.3. The van der Waals surface area contributed by atoms with Gasteiger partial charge in [0.05, 0.1) is 0 Å². The smallest absolute Gasteiger partial charge is 0.246 e. The highest BCUT2D eigenvalue weighted by Crippen LogP contribution is 2.30. The lowest BCUT2D eigenvalue weighted by molar-refractivity contribution is -0.127. The quantitative estimate of drug-likeness (QED) is 0.782. The molecule has 29 heavy (non-hydrogen) atoms. The molecule has 1 aromatic rings. The van der Waals surface area contributed by atoms with Gasteiger partial charge in [0.1, 0.15) is 16.5 Å². The number of rotatable bonds is 5. The van der Waals surface area contributed by atoms with Gasteiger partial charge in [-0.05, 0) is 56.7 Å². The minimum Gasteiger partial charge on any atom is -0.353 e. The van der Waals surface area contributed by atoms with Gasteiger partial charge in [0.2, 0.25) is 15.9 Å². The summed E-state index contributed by atoms with van der Waals surface area (Å²) in [5.41, 5.74) is 0. The lowest BCUT2D eigenvalue weighted by Crippen LogP contribution is -2.49. The number of nitrogens with zero attached hydrogens (tertiary/aromatic N) is 2. The molecule has 1 saturated carbocycles. The van der Waals surface area contributed by atoms with Crippen LogP contribution in [-0.2, 0) is 14.8 Å². The molecule has 2 aliphatic heterocycles. The van der Waals surface area contributed by atoms with Crippen LogP contribution in [0.3, 0.4) is 0 Å². The van der Waals surface area contributed by atoms with Gasteiger partial charge < -0.3 is 10.2 Å². The zero-order chi connectivity index (χ0) is 20.6. The van der Waals surface area contributed by atoms with Gasteiger partial charge in [-0.25, -0.2) is 17.2 Å². The minimum atomic E-state index is -4.12. The van der Waals surface area contributed by atoms with E-state index in [9.17, 15) is 22.0 Å². The van der Waals surface area contributed by atoms with Crippen molar-refractivity contribution in [2.75, 3.05) is 26.2 Å². The largest absolute Gasteiger partial charge is 0.353 e. The minimum absolute atomic E-state index is 0.0242. The van der Waals surface area contributed by atoms with Crippen LogP contribution >= 0.6 is 0 Å². The Morgan fingerprint density at radius 3 is 2.24 bits per heavy atom. The molecule has 4 rings (SSSR count). The molecule has 9 heteroatoms. The summed E-state index contributed by atoms with van der Waals surface area (Å²) in [7, 11) is -4.12. The predicted molar refractivity (Wildman–Crippen MR) is 104 cm³/mol. The molecule has 0 unspecified atom stereocenters. The molecule has 1 N–H and O–H groups in total. The Morgan fingerprint density at radius 2 is 1.62 bits per heavy atom. The fourth-order valence-corrected chi connectivity index (χ4v) is 5.89. The second kappa shape index (κ2) is 8.28. The van der Waals surface area contributed by atoms with E-state index in [0.717, 1.165) is 48.4 Å². The number of piperidine rings is 2. The molecule has 3 fully saturated rings. The normalized spacial score (nSPS) is 23.2. The summed E-state index contributed by atoms with van der Waals surface area (Å²) in [6.07, 6.45) is 5.24. The van der Waals surface area contributed by atoms with Crippen LogP contribution in [0.5, 0.6) is 0 Å². The SMILES string of the molecule is O=C(NC1CCN(C2CC2)CC1)C1CCN(S(=O)(=O)c2cc(F)ccc2F)CC1. The van der Waals surface area contributed by atoms with Gasteiger partial charge in [0.25, 0.3) is 0 Å². The van der Waals surface area contributed by atoms with Crippen LogP contribution in [0.4, 0.5) is 8.78 Å². The van der Waals surface area contributed by atoms with Gasteiger partial charge in [-0.2, -0.15) is 4.31 Å². The number of amides is 1. The first-order valence-corrected chi connectivity index (χ1v) is 11.8. The van der Waals surface area contributed by atoms with E-state index in [4.69, 9.17) is 0 Å². The number of hydrogen-bond donors (Lipinski definition) is 1. The van der Waals surface area contributed by atoms with Crippen molar-refractivity contribution >= 4 is 15.9 Å². The molecular formula is C20H27F2N3O3S. The van der Waals surface area contributed by atoms with Crippen LogP contribution in [0.15, 0.2) is 23.1 Å². The van der Waals surface area contributed by atoms with Crippen molar-refractivity contribution in [3.8, 4) is 0 Å². The van der Waals surface area contributed by atoms with E-state index in [1.165, 1.54) is 12.8 Å². The van der Waals surface area contributed by atoms with E-state index in [1.54, 1.807) is 0 Å². The molecule has 1 aromatic carbocycles. The van der Waals surface area contributed by atoms with E-state index in [0.29, 0.717) is 18.9 Å². The highest BCUT2D eigenvalue weighted by atomic mass is 32.2. The first kappa shape index (κ1) is 20.7. The summed E-state index contributed by atoms with van der Waals surface area (Å²) in [6.45, 7) is 2.28. The molecule has 2 heterocycles. The lowest BCUT2D eigenvalue weighted by atomic mass is 9.96. The van der Waals surface area contributed by atoms with Crippen molar-refractivity contribution in [3.05, 3.63) is 29.8 Å². The maximum absolute atomic E-state index is 13.9. The third kappa shape index (κ3) is 4.62. The number of halogens is 2. The molecule has 160 valence electrons. The van der Waals surface area contributed by atoms with Gasteiger partial charge >= 0.3 is 0 Å². The predicted octanol–water partition coefficient (Wildman–Crippen LogP) is 2.11. The van der Waals surface area contributed by atoms with Crippen LogP contribution in [-0.4, -0.2) is 61.8 Å². The Morgan fingerprint density at radius 1 is 0.966 bits per heavy atom. The van der Waals surface area contributed by atoms with Crippen molar-refractivity contribution in [2.45, 2.75) is 55.5 Å². The zero-order valence-electron chi connectivity index (χ0n) is 16.3. The molecule has 0 atom stereocenters. The van der Waals surface area contributed by atoms with Gasteiger partial charge in [0.15, 0.2) is 0 Å². The Kier molecular flexibility index (Phi) is 5.90. The number of hydrogen-bond acceptors (Lipinski definition) is 4. The van der Waals surface area contributed by atoms with E-state index in [2.05, 4.69) is 10.2 Å². The molecule has 0 spiro atoms. The van der Waals surface area contributed by atoms with Crippen LogP contribution in [0, 0.1) is 17.6 Å². The van der Waals surface area contributed by atoms with E-state index >= 15 is 0 Å². The lowest BCUT2D eigenvalue weighted by Gasteiger charge is -2.34. The van der Waals surface area contributed by atoms with Crippen molar-refractivity contribution < 1.29 is 22.0 Å². The van der Waals surface area contributed by atoms with Crippen molar-refractivity contribution in [1.29, 1.82) is 0 Å². The maximum atomic E-state index is 13.9.